The molecule has 0 unspecified atom stereocenters. The van der Waals surface area contributed by atoms with Crippen molar-refractivity contribution in [1.82, 2.24) is 24.5 Å². The normalized spacial score (nSPS) is 10.9. The number of aromatic nitrogens is 5. The van der Waals surface area contributed by atoms with Crippen molar-refractivity contribution in [3.05, 3.63) is 77.2 Å². The zero-order valence-corrected chi connectivity index (χ0v) is 12.9. The number of nitrogens with zero attached hydrogens (tertiary/aromatic N) is 6. The summed E-state index contributed by atoms with van der Waals surface area (Å²) in [6.45, 7) is 0.169. The molecule has 0 saturated heterocycles. The van der Waals surface area contributed by atoms with Gasteiger partial charge in [-0.1, -0.05) is 5.16 Å². The molecule has 0 N–H and O–H groups in total. The molecule has 9 heteroatoms. The first-order valence-electron chi connectivity index (χ1n) is 7.42. The van der Waals surface area contributed by atoms with E-state index < -0.39 is 4.92 Å². The van der Waals surface area contributed by atoms with Gasteiger partial charge in [0.2, 0.25) is 11.7 Å². The molecule has 0 fully saturated rings. The van der Waals surface area contributed by atoms with Crippen LogP contribution in [0.5, 0.6) is 0 Å². The van der Waals surface area contributed by atoms with Crippen LogP contribution in [-0.4, -0.2) is 29.4 Å². The highest BCUT2D eigenvalue weighted by Crippen LogP contribution is 2.19. The van der Waals surface area contributed by atoms with Gasteiger partial charge in [-0.15, -0.1) is 0 Å². The Bertz CT molecular complexity index is 1000. The van der Waals surface area contributed by atoms with E-state index in [1.54, 1.807) is 0 Å². The minimum Gasteiger partial charge on any atom is -0.337 e. The number of nitro groups is 1. The minimum atomic E-state index is -0.505. The number of hydrogen-bond acceptors (Lipinski definition) is 6. The van der Waals surface area contributed by atoms with Crippen molar-refractivity contribution in [3.8, 4) is 17.1 Å². The topological polar surface area (TPSA) is 105 Å². The van der Waals surface area contributed by atoms with Gasteiger partial charge in [-0.2, -0.15) is 10.1 Å². The van der Waals surface area contributed by atoms with Gasteiger partial charge < -0.3 is 9.09 Å². The van der Waals surface area contributed by atoms with E-state index in [-0.39, 0.29) is 12.2 Å². The molecule has 0 amide bonds. The zero-order valence-electron chi connectivity index (χ0n) is 12.9. The summed E-state index contributed by atoms with van der Waals surface area (Å²) in [5.41, 5.74) is 1.76. The molecule has 4 aromatic rings. The molecular formula is C16H12N6O3. The van der Waals surface area contributed by atoms with E-state index in [1.165, 1.54) is 17.1 Å². The van der Waals surface area contributed by atoms with Gasteiger partial charge in [-0.25, -0.2) is 0 Å². The second-order valence-electron chi connectivity index (χ2n) is 5.30. The van der Waals surface area contributed by atoms with Crippen LogP contribution < -0.4 is 0 Å². The Balaban J connectivity index is 1.51. The molecule has 4 rings (SSSR count). The van der Waals surface area contributed by atoms with Crippen molar-refractivity contribution in [3.63, 3.8) is 0 Å². The predicted octanol–water partition coefficient (Wildman–Crippen LogP) is 2.68. The number of benzene rings is 1. The van der Waals surface area contributed by atoms with E-state index in [0.29, 0.717) is 11.7 Å². The van der Waals surface area contributed by atoms with Crippen LogP contribution in [0.1, 0.15) is 5.89 Å². The van der Waals surface area contributed by atoms with Gasteiger partial charge in [0.25, 0.3) is 0 Å². The quantitative estimate of drug-likeness (QED) is 0.410. The summed E-state index contributed by atoms with van der Waals surface area (Å²) < 4.78 is 8.57. The standard InChI is InChI=1S/C16H12N6O3/c23-22(24)14-9-17-21(10-14)11-15-18-16(19-25-15)12-3-5-13(6-4-12)20-7-1-2-8-20/h1-10H,11H2. The first-order chi connectivity index (χ1) is 12.2. The van der Waals surface area contributed by atoms with Gasteiger partial charge in [0.1, 0.15) is 18.9 Å². The summed E-state index contributed by atoms with van der Waals surface area (Å²) in [4.78, 5) is 14.5. The smallest absolute Gasteiger partial charge is 0.307 e. The van der Waals surface area contributed by atoms with Crippen molar-refractivity contribution >= 4 is 5.69 Å². The molecule has 1 aromatic carbocycles. The molecular weight excluding hydrogens is 324 g/mol. The summed E-state index contributed by atoms with van der Waals surface area (Å²) in [6.07, 6.45) is 6.42. The maximum atomic E-state index is 10.7. The molecule has 0 aliphatic carbocycles. The van der Waals surface area contributed by atoms with Crippen LogP contribution in [0.15, 0.2) is 65.7 Å². The van der Waals surface area contributed by atoms with Gasteiger partial charge >= 0.3 is 5.69 Å². The maximum Gasteiger partial charge on any atom is 0.307 e. The van der Waals surface area contributed by atoms with Crippen molar-refractivity contribution < 1.29 is 9.45 Å². The molecule has 0 saturated carbocycles. The van der Waals surface area contributed by atoms with Crippen LogP contribution in [0.2, 0.25) is 0 Å². The fourth-order valence-corrected chi connectivity index (χ4v) is 2.40. The third-order valence-corrected chi connectivity index (χ3v) is 3.62. The average Bonchev–Trinajstić information content (AvgIpc) is 3.37. The molecule has 0 spiro atoms. The van der Waals surface area contributed by atoms with E-state index in [0.717, 1.165) is 11.3 Å². The third kappa shape index (κ3) is 3.02. The lowest BCUT2D eigenvalue weighted by Crippen LogP contribution is -2.00. The van der Waals surface area contributed by atoms with Crippen LogP contribution in [0, 0.1) is 10.1 Å². The van der Waals surface area contributed by atoms with Gasteiger partial charge in [-0.05, 0) is 36.4 Å². The highest BCUT2D eigenvalue weighted by atomic mass is 16.6. The summed E-state index contributed by atoms with van der Waals surface area (Å²) >= 11 is 0. The zero-order chi connectivity index (χ0) is 17.2. The third-order valence-electron chi connectivity index (χ3n) is 3.62. The summed E-state index contributed by atoms with van der Waals surface area (Å²) in [7, 11) is 0. The molecule has 0 radical (unpaired) electrons. The summed E-state index contributed by atoms with van der Waals surface area (Å²) in [5.74, 6) is 0.776. The van der Waals surface area contributed by atoms with Gasteiger partial charge in [0.05, 0.1) is 4.92 Å². The second-order valence-corrected chi connectivity index (χ2v) is 5.30. The Hall–Kier alpha value is -3.75. The lowest BCUT2D eigenvalue weighted by Gasteiger charge is -2.02. The van der Waals surface area contributed by atoms with E-state index >= 15 is 0 Å². The van der Waals surface area contributed by atoms with Crippen LogP contribution >= 0.6 is 0 Å². The highest BCUT2D eigenvalue weighted by Gasteiger charge is 2.13. The maximum absolute atomic E-state index is 10.7. The predicted molar refractivity (Wildman–Crippen MR) is 87.0 cm³/mol. The lowest BCUT2D eigenvalue weighted by molar-refractivity contribution is -0.385. The Morgan fingerprint density at radius 3 is 2.60 bits per heavy atom. The lowest BCUT2D eigenvalue weighted by atomic mass is 10.2. The minimum absolute atomic E-state index is 0.0830. The van der Waals surface area contributed by atoms with Gasteiger partial charge in [0, 0.05) is 23.6 Å². The Labute approximate surface area is 141 Å². The van der Waals surface area contributed by atoms with Crippen LogP contribution in [0.25, 0.3) is 17.1 Å². The molecule has 25 heavy (non-hydrogen) atoms. The first kappa shape index (κ1) is 14.8. The van der Waals surface area contributed by atoms with Crippen LogP contribution in [0.3, 0.4) is 0 Å². The van der Waals surface area contributed by atoms with Crippen molar-refractivity contribution in [1.29, 1.82) is 0 Å². The number of rotatable bonds is 5. The van der Waals surface area contributed by atoms with Gasteiger partial charge in [-0.3, -0.25) is 14.8 Å². The van der Waals surface area contributed by atoms with E-state index in [2.05, 4.69) is 15.2 Å². The van der Waals surface area contributed by atoms with Crippen molar-refractivity contribution in [2.75, 3.05) is 0 Å². The number of hydrogen-bond donors (Lipinski definition) is 0. The molecule has 3 aromatic heterocycles. The van der Waals surface area contributed by atoms with E-state index in [1.807, 2.05) is 53.4 Å². The molecule has 0 atom stereocenters. The Morgan fingerprint density at radius 1 is 1.16 bits per heavy atom. The molecule has 0 bridgehead atoms. The fourth-order valence-electron chi connectivity index (χ4n) is 2.40. The molecule has 3 heterocycles. The Morgan fingerprint density at radius 2 is 1.92 bits per heavy atom. The Kier molecular flexibility index (Phi) is 3.58. The SMILES string of the molecule is O=[N+]([O-])c1cnn(Cc2nc(-c3ccc(-n4cccc4)cc3)no2)c1. The molecule has 0 aliphatic heterocycles. The molecule has 9 nitrogen and oxygen atoms in total. The highest BCUT2D eigenvalue weighted by molar-refractivity contribution is 5.56. The largest absolute Gasteiger partial charge is 0.337 e. The second kappa shape index (κ2) is 6.04. The van der Waals surface area contributed by atoms with E-state index in [9.17, 15) is 10.1 Å². The van der Waals surface area contributed by atoms with Crippen LogP contribution in [0.4, 0.5) is 5.69 Å². The van der Waals surface area contributed by atoms with Crippen molar-refractivity contribution in [2.24, 2.45) is 0 Å². The monoisotopic (exact) mass is 336 g/mol. The summed E-state index contributed by atoms with van der Waals surface area (Å²) in [6, 6.07) is 11.6. The van der Waals surface area contributed by atoms with E-state index in [4.69, 9.17) is 4.52 Å². The molecule has 0 aliphatic rings. The molecule has 124 valence electrons. The summed E-state index contributed by atoms with van der Waals surface area (Å²) in [5, 5.41) is 18.5. The average molecular weight is 336 g/mol. The fraction of sp³-hybridized carbons (Fsp3) is 0.0625. The first-order valence-corrected chi connectivity index (χ1v) is 7.42. The van der Waals surface area contributed by atoms with Crippen molar-refractivity contribution in [2.45, 2.75) is 6.54 Å². The van der Waals surface area contributed by atoms with Gasteiger partial charge in [0.15, 0.2) is 0 Å². The van der Waals surface area contributed by atoms with Crippen LogP contribution in [-0.2, 0) is 6.54 Å².